The van der Waals surface area contributed by atoms with E-state index in [2.05, 4.69) is 17.2 Å². The fourth-order valence-corrected chi connectivity index (χ4v) is 6.30. The molecule has 0 aliphatic carbocycles. The number of nitrogens with one attached hydrogen (secondary N) is 2. The molecule has 1 aromatic heterocycles. The monoisotopic (exact) mass is 742 g/mol. The normalized spacial score (nSPS) is 16.6. The van der Waals surface area contributed by atoms with Crippen molar-refractivity contribution in [3.63, 3.8) is 0 Å². The Labute approximate surface area is 302 Å². The number of rotatable bonds is 29. The topological polar surface area (TPSA) is 195 Å². The molecule has 14 nitrogen and oxygen atoms in total. The highest BCUT2D eigenvalue weighted by Crippen LogP contribution is 2.39. The van der Waals surface area contributed by atoms with Crippen LogP contribution in [0, 0.1) is 5.92 Å². The zero-order valence-corrected chi connectivity index (χ0v) is 31.7. The molecule has 1 aliphatic rings. The lowest BCUT2D eigenvalue weighted by Crippen LogP contribution is -2.41. The van der Waals surface area contributed by atoms with Gasteiger partial charge in [0.15, 0.2) is 18.0 Å². The third kappa shape index (κ3) is 17.3. The summed E-state index contributed by atoms with van der Waals surface area (Å²) < 4.78 is 34.5. The minimum atomic E-state index is -3.12. The number of nitrogens with zero attached hydrogens (tertiary/aromatic N) is 1. The third-order valence-electron chi connectivity index (χ3n) is 8.78. The van der Waals surface area contributed by atoms with Gasteiger partial charge in [-0.25, -0.2) is 9.32 Å². The summed E-state index contributed by atoms with van der Waals surface area (Å²) in [7, 11) is -3.12. The summed E-state index contributed by atoms with van der Waals surface area (Å²) in [6.45, 7) is 5.85. The zero-order valence-electron chi connectivity index (χ0n) is 30.8. The van der Waals surface area contributed by atoms with Crippen LogP contribution in [0.5, 0.6) is 0 Å². The number of ether oxygens (including phenoxy) is 3. The maximum Gasteiger partial charge on any atom is 0.747 e. The standard InChI is InChI=1S/C36H60N3O11P/c1-4-5-6-7-8-9-10-11-12-13-14-15-18-21-30(42)49-31(27(2)3)34(43)37-23-19-16-17-20-25-47-33-32(50-51(45)46)28(26-40)48-35(33)39-24-22-29(41)38-36(39)44/h22,24,27,31,33,35,40H,4-21,23,25-26H2,1-3H3,(H2-,37,38,41,43,44,45,46)/p+1. The van der Waals surface area contributed by atoms with Crippen LogP contribution in [0.1, 0.15) is 143 Å². The lowest BCUT2D eigenvalue weighted by molar-refractivity contribution is -0.158. The zero-order chi connectivity index (χ0) is 37.4. The van der Waals surface area contributed by atoms with Gasteiger partial charge in [-0.05, 0) is 25.2 Å². The van der Waals surface area contributed by atoms with Crippen LogP contribution in [-0.2, 0) is 32.9 Å². The highest BCUT2D eigenvalue weighted by atomic mass is 31.1. The minimum absolute atomic E-state index is 0.160. The molecule has 51 heavy (non-hydrogen) atoms. The van der Waals surface area contributed by atoms with E-state index in [1.165, 1.54) is 70.4 Å². The number of aliphatic hydroxyl groups is 1. The van der Waals surface area contributed by atoms with Crippen molar-refractivity contribution >= 4 is 20.1 Å². The fourth-order valence-electron chi connectivity index (χ4n) is 5.93. The SMILES string of the molecule is CCCCCCCCCCCCCCCC(=O)OC(C(=O)NCCCCCCOC1C(O[P+](=O)O)=C(CO)OC1n1ccc(=O)[nH]c1=O)C(C)C. The van der Waals surface area contributed by atoms with Crippen LogP contribution in [-0.4, -0.2) is 63.4 Å². The summed E-state index contributed by atoms with van der Waals surface area (Å²) in [4.78, 5) is 60.6. The summed E-state index contributed by atoms with van der Waals surface area (Å²) >= 11 is 0. The van der Waals surface area contributed by atoms with Crippen molar-refractivity contribution in [1.29, 1.82) is 0 Å². The second kappa shape index (κ2) is 25.8. The number of carbonyl (C=O) groups excluding carboxylic acids is 2. The Bertz CT molecular complexity index is 1330. The lowest BCUT2D eigenvalue weighted by atomic mass is 10.0. The number of hydrogen-bond acceptors (Lipinski definition) is 10. The fraction of sp³-hybridized carbons (Fsp3) is 0.778. The Morgan fingerprint density at radius 2 is 1.53 bits per heavy atom. The van der Waals surface area contributed by atoms with Crippen molar-refractivity contribution in [1.82, 2.24) is 14.9 Å². The van der Waals surface area contributed by atoms with Gasteiger partial charge in [0.1, 0.15) is 6.61 Å². The van der Waals surface area contributed by atoms with Crippen LogP contribution in [0.2, 0.25) is 0 Å². The average molecular weight is 743 g/mol. The number of esters is 1. The van der Waals surface area contributed by atoms with Crippen LogP contribution in [0.25, 0.3) is 0 Å². The average Bonchev–Trinajstić information content (AvgIpc) is 3.42. The van der Waals surface area contributed by atoms with Crippen LogP contribution >= 0.6 is 8.25 Å². The number of unbranched alkanes of at least 4 members (excludes halogenated alkanes) is 15. The van der Waals surface area contributed by atoms with Crippen molar-refractivity contribution in [2.24, 2.45) is 5.92 Å². The number of aliphatic hydroxyl groups excluding tert-OH is 1. The van der Waals surface area contributed by atoms with Crippen molar-refractivity contribution in [2.75, 3.05) is 19.8 Å². The van der Waals surface area contributed by atoms with Crippen LogP contribution in [0.3, 0.4) is 0 Å². The molecular formula is C36H61N3O11P+. The van der Waals surface area contributed by atoms with E-state index in [1.54, 1.807) is 0 Å². The van der Waals surface area contributed by atoms with E-state index < -0.39 is 44.5 Å². The number of carbonyl (C=O) groups is 2. The molecule has 290 valence electrons. The Kier molecular flexibility index (Phi) is 22.3. The summed E-state index contributed by atoms with van der Waals surface area (Å²) in [5.74, 6) is -1.19. The molecule has 4 atom stereocenters. The Morgan fingerprint density at radius 3 is 2.10 bits per heavy atom. The third-order valence-corrected chi connectivity index (χ3v) is 9.13. The van der Waals surface area contributed by atoms with Gasteiger partial charge < -0.3 is 24.6 Å². The first-order valence-corrected chi connectivity index (χ1v) is 20.0. The molecule has 0 aromatic carbocycles. The van der Waals surface area contributed by atoms with Crippen LogP contribution in [0.15, 0.2) is 33.4 Å². The Hall–Kier alpha value is -3.06. The maximum absolute atomic E-state index is 12.8. The molecule has 0 spiro atoms. The number of hydrogen-bond donors (Lipinski definition) is 4. The first-order chi connectivity index (χ1) is 24.6. The molecule has 0 fully saturated rings. The van der Waals surface area contributed by atoms with Gasteiger partial charge in [-0.2, -0.15) is 0 Å². The summed E-state index contributed by atoms with van der Waals surface area (Å²) in [5, 5.41) is 12.6. The second-order valence-electron chi connectivity index (χ2n) is 13.4. The van der Waals surface area contributed by atoms with E-state index >= 15 is 0 Å². The number of aromatic nitrogens is 2. The lowest BCUT2D eigenvalue weighted by Gasteiger charge is -2.21. The van der Waals surface area contributed by atoms with E-state index in [4.69, 9.17) is 18.7 Å². The predicted octanol–water partition coefficient (Wildman–Crippen LogP) is 6.05. The molecule has 15 heteroatoms. The number of aromatic amines is 1. The van der Waals surface area contributed by atoms with Gasteiger partial charge >= 0.3 is 19.9 Å². The van der Waals surface area contributed by atoms with Crippen molar-refractivity contribution in [3.8, 4) is 0 Å². The molecule has 0 bridgehead atoms. The van der Waals surface area contributed by atoms with Gasteiger partial charge in [0.2, 0.25) is 12.0 Å². The quantitative estimate of drug-likeness (QED) is 0.0424. The van der Waals surface area contributed by atoms with Gasteiger partial charge in [-0.15, -0.1) is 4.89 Å². The van der Waals surface area contributed by atoms with Gasteiger partial charge in [0.25, 0.3) is 11.5 Å². The summed E-state index contributed by atoms with van der Waals surface area (Å²) in [6.07, 6.45) is 17.0. The minimum Gasteiger partial charge on any atom is -0.465 e. The Balaban J connectivity index is 1.64. The van der Waals surface area contributed by atoms with Crippen molar-refractivity contribution in [3.05, 3.63) is 44.6 Å². The molecule has 1 aliphatic heterocycles. The van der Waals surface area contributed by atoms with E-state index in [-0.39, 0.29) is 35.9 Å². The maximum atomic E-state index is 12.8. The van der Waals surface area contributed by atoms with E-state index in [0.29, 0.717) is 25.8 Å². The molecule has 0 saturated carbocycles. The largest absolute Gasteiger partial charge is 0.747 e. The molecule has 2 rings (SSSR count). The van der Waals surface area contributed by atoms with E-state index in [1.807, 2.05) is 13.8 Å². The summed E-state index contributed by atoms with van der Waals surface area (Å²) in [5.41, 5.74) is -1.41. The molecular weight excluding hydrogens is 681 g/mol. The summed E-state index contributed by atoms with van der Waals surface area (Å²) in [6, 6.07) is 1.11. The predicted molar refractivity (Wildman–Crippen MR) is 193 cm³/mol. The molecule has 1 aromatic rings. The molecule has 1 amide bonds. The van der Waals surface area contributed by atoms with Crippen LogP contribution < -0.4 is 16.6 Å². The van der Waals surface area contributed by atoms with E-state index in [0.717, 1.165) is 42.7 Å². The van der Waals surface area contributed by atoms with Crippen molar-refractivity contribution in [2.45, 2.75) is 155 Å². The number of amides is 1. The van der Waals surface area contributed by atoms with Gasteiger partial charge in [-0.1, -0.05) is 111 Å². The van der Waals surface area contributed by atoms with Crippen LogP contribution in [0.4, 0.5) is 0 Å². The highest BCUT2D eigenvalue weighted by Gasteiger charge is 2.45. The smallest absolute Gasteiger partial charge is 0.465 e. The van der Waals surface area contributed by atoms with Gasteiger partial charge in [-0.3, -0.25) is 23.9 Å². The second-order valence-corrected chi connectivity index (χ2v) is 14.1. The molecule has 0 radical (unpaired) electrons. The Morgan fingerprint density at radius 1 is 0.941 bits per heavy atom. The van der Waals surface area contributed by atoms with E-state index in [9.17, 15) is 33.7 Å². The van der Waals surface area contributed by atoms with Gasteiger partial charge in [0.05, 0.1) is 0 Å². The molecule has 0 saturated heterocycles. The first kappa shape index (κ1) is 44.1. The molecule has 2 heterocycles. The molecule has 4 unspecified atom stereocenters. The van der Waals surface area contributed by atoms with Gasteiger partial charge in [0, 0.05) is 36.4 Å². The highest BCUT2D eigenvalue weighted by molar-refractivity contribution is 7.32. The van der Waals surface area contributed by atoms with Crippen molar-refractivity contribution < 1.29 is 42.9 Å². The number of H-pyrrole nitrogens is 1. The first-order valence-electron chi connectivity index (χ1n) is 18.8. The molecule has 4 N–H and O–H groups in total.